The second-order valence-corrected chi connectivity index (χ2v) is 9.41. The van der Waals surface area contributed by atoms with Gasteiger partial charge in [-0.1, -0.05) is 0 Å². The van der Waals surface area contributed by atoms with Crippen molar-refractivity contribution in [3.05, 3.63) is 43.9 Å². The van der Waals surface area contributed by atoms with Gasteiger partial charge in [0, 0.05) is 36.7 Å². The summed E-state index contributed by atoms with van der Waals surface area (Å²) in [4.78, 5) is 41.0. The summed E-state index contributed by atoms with van der Waals surface area (Å²) in [7, 11) is 3.41. The molecule has 0 N–H and O–H groups in total. The number of aromatic nitrogens is 6. The van der Waals surface area contributed by atoms with Gasteiger partial charge in [0.05, 0.1) is 6.33 Å². The van der Waals surface area contributed by atoms with Gasteiger partial charge in [-0.25, -0.2) is 19.7 Å². The first-order valence-corrected chi connectivity index (χ1v) is 11.4. The predicted molar refractivity (Wildman–Crippen MR) is 115 cm³/mol. The topological polar surface area (TPSA) is 87.6 Å². The smallest absolute Gasteiger partial charge is 0.328 e. The first kappa shape index (κ1) is 18.6. The lowest BCUT2D eigenvalue weighted by Crippen LogP contribution is -2.39. The number of fused-ring (bicyclic) bond motifs is 4. The van der Waals surface area contributed by atoms with Crippen LogP contribution in [0.4, 0.5) is 0 Å². The average molecular weight is 429 g/mol. The second-order valence-electron chi connectivity index (χ2n) is 7.24. The van der Waals surface area contributed by atoms with Gasteiger partial charge < -0.3 is 4.57 Å². The van der Waals surface area contributed by atoms with Crippen LogP contribution >= 0.6 is 23.1 Å². The van der Waals surface area contributed by atoms with Crippen molar-refractivity contribution in [2.75, 3.05) is 5.75 Å². The van der Waals surface area contributed by atoms with Crippen LogP contribution in [0.1, 0.15) is 23.3 Å². The number of nitrogens with zero attached hydrogens (tertiary/aromatic N) is 6. The molecule has 0 atom stereocenters. The predicted octanol–water partition coefficient (Wildman–Crippen LogP) is 2.11. The highest BCUT2D eigenvalue weighted by atomic mass is 32.2. The van der Waals surface area contributed by atoms with Crippen molar-refractivity contribution in [3.8, 4) is 0 Å². The van der Waals surface area contributed by atoms with Gasteiger partial charge in [0.1, 0.15) is 16.2 Å². The molecule has 0 amide bonds. The minimum Gasteiger partial charge on any atom is -0.328 e. The number of thiophene rings is 1. The Morgan fingerprint density at radius 1 is 1.17 bits per heavy atom. The molecule has 1 aliphatic carbocycles. The molecule has 1 aliphatic rings. The third kappa shape index (κ3) is 2.93. The Bertz CT molecular complexity index is 1360. The van der Waals surface area contributed by atoms with Gasteiger partial charge in [0.2, 0.25) is 0 Å². The SMILES string of the molecule is Cn1cnc2c1c(=O)n(CCCSc1ncnc3sc4c(c13)CCC4)c(=O)n2C. The van der Waals surface area contributed by atoms with Crippen molar-refractivity contribution in [2.45, 2.75) is 37.3 Å². The Kier molecular flexibility index (Phi) is 4.54. The van der Waals surface area contributed by atoms with Gasteiger partial charge in [0.15, 0.2) is 11.2 Å². The van der Waals surface area contributed by atoms with Crippen LogP contribution in [0.5, 0.6) is 0 Å². The average Bonchev–Trinajstić information content (AvgIpc) is 3.40. The zero-order valence-corrected chi connectivity index (χ0v) is 17.8. The molecule has 4 aromatic heterocycles. The maximum atomic E-state index is 12.8. The van der Waals surface area contributed by atoms with E-state index in [1.165, 1.54) is 31.4 Å². The minimum absolute atomic E-state index is 0.284. The van der Waals surface area contributed by atoms with Crippen LogP contribution in [-0.4, -0.2) is 34.4 Å². The second kappa shape index (κ2) is 7.10. The van der Waals surface area contributed by atoms with E-state index in [4.69, 9.17) is 0 Å². The van der Waals surface area contributed by atoms with Crippen LogP contribution in [0.2, 0.25) is 0 Å². The molecule has 10 heteroatoms. The highest BCUT2D eigenvalue weighted by Gasteiger charge is 2.21. The summed E-state index contributed by atoms with van der Waals surface area (Å²) in [5, 5.41) is 2.22. The highest BCUT2D eigenvalue weighted by molar-refractivity contribution is 7.99. The normalized spacial score (nSPS) is 13.6. The van der Waals surface area contributed by atoms with E-state index in [9.17, 15) is 9.59 Å². The maximum Gasteiger partial charge on any atom is 0.332 e. The summed E-state index contributed by atoms with van der Waals surface area (Å²) in [6.45, 7) is 0.371. The van der Waals surface area contributed by atoms with Gasteiger partial charge in [-0.15, -0.1) is 23.1 Å². The van der Waals surface area contributed by atoms with Crippen LogP contribution in [0, 0.1) is 0 Å². The first-order chi connectivity index (χ1) is 14.1. The molecule has 0 spiro atoms. The molecular weight excluding hydrogens is 408 g/mol. The molecule has 4 heterocycles. The summed E-state index contributed by atoms with van der Waals surface area (Å²) < 4.78 is 4.41. The molecule has 150 valence electrons. The molecular formula is C19H20N6O2S2. The summed E-state index contributed by atoms with van der Waals surface area (Å²) in [5.41, 5.74) is 1.67. The van der Waals surface area contributed by atoms with E-state index in [0.29, 0.717) is 24.1 Å². The fraction of sp³-hybridized carbons (Fsp3) is 0.421. The molecule has 5 rings (SSSR count). The fourth-order valence-corrected chi connectivity index (χ4v) is 6.24. The lowest BCUT2D eigenvalue weighted by Gasteiger charge is -2.09. The Morgan fingerprint density at radius 3 is 2.90 bits per heavy atom. The van der Waals surface area contributed by atoms with Gasteiger partial charge in [-0.2, -0.15) is 0 Å². The summed E-state index contributed by atoms with van der Waals surface area (Å²) in [5.74, 6) is 0.774. The number of hydrogen-bond donors (Lipinski definition) is 0. The number of rotatable bonds is 5. The molecule has 0 unspecified atom stereocenters. The molecule has 29 heavy (non-hydrogen) atoms. The summed E-state index contributed by atoms with van der Waals surface area (Å²) >= 11 is 3.46. The third-order valence-electron chi connectivity index (χ3n) is 5.43. The summed E-state index contributed by atoms with van der Waals surface area (Å²) in [6.07, 6.45) is 7.34. The lowest BCUT2D eigenvalue weighted by molar-refractivity contribution is 0.594. The van der Waals surface area contributed by atoms with Crippen LogP contribution in [0.15, 0.2) is 27.3 Å². The van der Waals surface area contributed by atoms with Gasteiger partial charge in [-0.3, -0.25) is 13.9 Å². The third-order valence-corrected chi connectivity index (χ3v) is 7.71. The number of aryl methyl sites for hydroxylation is 4. The number of thioether (sulfide) groups is 1. The molecule has 4 aromatic rings. The first-order valence-electron chi connectivity index (χ1n) is 9.55. The van der Waals surface area contributed by atoms with E-state index in [2.05, 4.69) is 15.0 Å². The van der Waals surface area contributed by atoms with Gasteiger partial charge >= 0.3 is 5.69 Å². The van der Waals surface area contributed by atoms with Gasteiger partial charge in [0.25, 0.3) is 5.56 Å². The van der Waals surface area contributed by atoms with Crippen LogP contribution in [0.25, 0.3) is 21.4 Å². The van der Waals surface area contributed by atoms with Crippen molar-refractivity contribution in [3.63, 3.8) is 0 Å². The quantitative estimate of drug-likeness (QED) is 0.275. The number of hydrogen-bond acceptors (Lipinski definition) is 7. The van der Waals surface area contributed by atoms with Crippen LogP contribution in [-0.2, 0) is 33.5 Å². The zero-order valence-electron chi connectivity index (χ0n) is 16.2. The minimum atomic E-state index is -0.328. The van der Waals surface area contributed by atoms with Crippen molar-refractivity contribution in [1.29, 1.82) is 0 Å². The van der Waals surface area contributed by atoms with E-state index in [0.717, 1.165) is 28.5 Å². The Hall–Kier alpha value is -2.46. The molecule has 0 fully saturated rings. The van der Waals surface area contributed by atoms with E-state index in [1.807, 2.05) is 0 Å². The molecule has 0 saturated heterocycles. The molecule has 0 radical (unpaired) electrons. The van der Waals surface area contributed by atoms with Crippen LogP contribution < -0.4 is 11.2 Å². The van der Waals surface area contributed by atoms with Crippen molar-refractivity contribution >= 4 is 44.5 Å². The van der Waals surface area contributed by atoms with Crippen LogP contribution in [0.3, 0.4) is 0 Å². The zero-order chi connectivity index (χ0) is 20.1. The van der Waals surface area contributed by atoms with Gasteiger partial charge in [-0.05, 0) is 31.2 Å². The van der Waals surface area contributed by atoms with E-state index in [1.54, 1.807) is 54.4 Å². The molecule has 8 nitrogen and oxygen atoms in total. The standard InChI is InChI=1S/C19H20N6O2S2/c1-23-10-22-15-14(23)18(26)25(19(27)24(15)2)7-4-8-28-16-13-11-5-3-6-12(11)29-17(13)21-9-20-16/h9-10H,3-8H2,1-2H3. The Balaban J connectivity index is 1.37. The van der Waals surface area contributed by atoms with Crippen molar-refractivity contribution < 1.29 is 0 Å². The van der Waals surface area contributed by atoms with E-state index >= 15 is 0 Å². The molecule has 0 saturated carbocycles. The van der Waals surface area contributed by atoms with E-state index < -0.39 is 0 Å². The number of imidazole rings is 1. The van der Waals surface area contributed by atoms with E-state index in [-0.39, 0.29) is 11.2 Å². The highest BCUT2D eigenvalue weighted by Crippen LogP contribution is 2.40. The Morgan fingerprint density at radius 2 is 2.03 bits per heavy atom. The Labute approximate surface area is 174 Å². The lowest BCUT2D eigenvalue weighted by atomic mass is 10.2. The monoisotopic (exact) mass is 428 g/mol. The molecule has 0 aliphatic heterocycles. The maximum absolute atomic E-state index is 12.8. The fourth-order valence-electron chi connectivity index (χ4n) is 3.99. The molecule has 0 aromatic carbocycles. The largest absolute Gasteiger partial charge is 0.332 e. The summed E-state index contributed by atoms with van der Waals surface area (Å²) in [6, 6.07) is 0. The van der Waals surface area contributed by atoms with Crippen molar-refractivity contribution in [2.24, 2.45) is 14.1 Å². The molecule has 0 bridgehead atoms. The van der Waals surface area contributed by atoms with Crippen molar-refractivity contribution in [1.82, 2.24) is 28.7 Å².